The molecule has 6 nitrogen and oxygen atoms in total. The Bertz CT molecular complexity index is 822. The SMILES string of the molecule is Cc1cc(-c2cc(C(=O)N3CC(C)N(CCN(C)C)C(C)C3)[nH]n2)ccc1F. The third kappa shape index (κ3) is 4.42. The topological polar surface area (TPSA) is 55.5 Å². The van der Waals surface area contributed by atoms with E-state index in [0.29, 0.717) is 42.1 Å². The summed E-state index contributed by atoms with van der Waals surface area (Å²) in [6.07, 6.45) is 0. The molecule has 152 valence electrons. The molecule has 3 rings (SSSR count). The van der Waals surface area contributed by atoms with E-state index in [1.165, 1.54) is 6.07 Å². The van der Waals surface area contributed by atoms with Gasteiger partial charge in [-0.1, -0.05) is 0 Å². The molecule has 2 atom stereocenters. The number of carbonyl (C=O) groups excluding carboxylic acids is 1. The maximum absolute atomic E-state index is 13.5. The Balaban J connectivity index is 1.69. The highest BCUT2D eigenvalue weighted by Gasteiger charge is 2.32. The lowest BCUT2D eigenvalue weighted by Crippen LogP contribution is -2.59. The first-order chi connectivity index (χ1) is 13.3. The van der Waals surface area contributed by atoms with Gasteiger partial charge in [-0.3, -0.25) is 14.8 Å². The van der Waals surface area contributed by atoms with E-state index in [2.05, 4.69) is 47.9 Å². The zero-order valence-corrected chi connectivity index (χ0v) is 17.4. The number of aromatic nitrogens is 2. The van der Waals surface area contributed by atoms with Gasteiger partial charge in [0.15, 0.2) is 0 Å². The van der Waals surface area contributed by atoms with Crippen molar-refractivity contribution in [1.29, 1.82) is 0 Å². The third-order valence-electron chi connectivity index (χ3n) is 5.46. The molecule has 28 heavy (non-hydrogen) atoms. The number of halogens is 1. The van der Waals surface area contributed by atoms with Crippen LogP contribution in [0.3, 0.4) is 0 Å². The van der Waals surface area contributed by atoms with Crippen LogP contribution in [0.25, 0.3) is 11.3 Å². The molecule has 0 aliphatic carbocycles. The first-order valence-electron chi connectivity index (χ1n) is 9.78. The normalized spacial score (nSPS) is 20.8. The number of hydrogen-bond donors (Lipinski definition) is 1. The van der Waals surface area contributed by atoms with E-state index in [-0.39, 0.29) is 11.7 Å². The average Bonchev–Trinajstić information content (AvgIpc) is 3.12. The molecule has 2 heterocycles. The molecule has 1 aromatic heterocycles. The van der Waals surface area contributed by atoms with Crippen molar-refractivity contribution in [2.24, 2.45) is 0 Å². The molecule has 0 bridgehead atoms. The zero-order chi connectivity index (χ0) is 20.4. The van der Waals surface area contributed by atoms with Gasteiger partial charge in [-0.25, -0.2) is 4.39 Å². The van der Waals surface area contributed by atoms with E-state index in [9.17, 15) is 9.18 Å². The van der Waals surface area contributed by atoms with E-state index in [4.69, 9.17) is 0 Å². The van der Waals surface area contributed by atoms with Gasteiger partial charge in [0.2, 0.25) is 0 Å². The monoisotopic (exact) mass is 387 g/mol. The van der Waals surface area contributed by atoms with Crippen LogP contribution in [0.5, 0.6) is 0 Å². The standard InChI is InChI=1S/C21H30FN5O/c1-14-10-17(6-7-18(14)22)19-11-20(24-23-19)21(28)26-12-15(2)27(16(3)13-26)9-8-25(4)5/h6-7,10-11,15-16H,8-9,12-13H2,1-5H3,(H,23,24). The Morgan fingerprint density at radius 2 is 1.93 bits per heavy atom. The lowest BCUT2D eigenvalue weighted by atomic mass is 10.1. The van der Waals surface area contributed by atoms with E-state index in [1.807, 2.05) is 4.90 Å². The minimum absolute atomic E-state index is 0.0384. The molecule has 7 heteroatoms. The molecule has 1 amide bonds. The van der Waals surface area contributed by atoms with E-state index >= 15 is 0 Å². The van der Waals surface area contributed by atoms with Gasteiger partial charge in [0.1, 0.15) is 11.5 Å². The van der Waals surface area contributed by atoms with E-state index in [0.717, 1.165) is 18.7 Å². The highest BCUT2D eigenvalue weighted by atomic mass is 19.1. The van der Waals surface area contributed by atoms with Gasteiger partial charge in [-0.05, 0) is 64.7 Å². The molecule has 2 unspecified atom stereocenters. The number of H-pyrrole nitrogens is 1. The largest absolute Gasteiger partial charge is 0.334 e. The second-order valence-corrected chi connectivity index (χ2v) is 8.08. The summed E-state index contributed by atoms with van der Waals surface area (Å²) >= 11 is 0. The molecule has 1 aliphatic rings. The molecule has 1 saturated heterocycles. The number of benzene rings is 1. The fourth-order valence-corrected chi connectivity index (χ4v) is 3.83. The quantitative estimate of drug-likeness (QED) is 0.857. The first kappa shape index (κ1) is 20.5. The number of amides is 1. The molecular weight excluding hydrogens is 357 g/mol. The number of nitrogens with one attached hydrogen (secondary N) is 1. The molecule has 0 spiro atoms. The second-order valence-electron chi connectivity index (χ2n) is 8.08. The van der Waals surface area contributed by atoms with Crippen molar-refractivity contribution < 1.29 is 9.18 Å². The summed E-state index contributed by atoms with van der Waals surface area (Å²) in [6, 6.07) is 7.21. The van der Waals surface area contributed by atoms with Crippen molar-refractivity contribution in [1.82, 2.24) is 24.9 Å². The predicted octanol–water partition coefficient (Wildman–Crippen LogP) is 2.62. The molecule has 1 aliphatic heterocycles. The van der Waals surface area contributed by atoms with Gasteiger partial charge < -0.3 is 9.80 Å². The minimum atomic E-state index is -0.245. The highest BCUT2D eigenvalue weighted by molar-refractivity contribution is 5.93. The molecule has 2 aromatic rings. The number of rotatable bonds is 5. The summed E-state index contributed by atoms with van der Waals surface area (Å²) in [5.74, 6) is -0.283. The third-order valence-corrected chi connectivity index (χ3v) is 5.46. The summed E-state index contributed by atoms with van der Waals surface area (Å²) in [4.78, 5) is 19.5. The van der Waals surface area contributed by atoms with E-state index < -0.39 is 0 Å². The fraction of sp³-hybridized carbons (Fsp3) is 0.524. The maximum atomic E-state index is 13.5. The Morgan fingerprint density at radius 3 is 2.54 bits per heavy atom. The van der Waals surface area contributed by atoms with Crippen molar-refractivity contribution >= 4 is 5.91 Å². The number of aryl methyl sites for hydroxylation is 1. The van der Waals surface area contributed by atoms with Crippen LogP contribution in [0.15, 0.2) is 24.3 Å². The Hall–Kier alpha value is -2.25. The summed E-state index contributed by atoms with van der Waals surface area (Å²) in [5.41, 5.74) is 2.48. The Labute approximate surface area is 166 Å². The lowest BCUT2D eigenvalue weighted by Gasteiger charge is -2.44. The number of hydrogen-bond acceptors (Lipinski definition) is 4. The van der Waals surface area contributed by atoms with Crippen molar-refractivity contribution in [3.8, 4) is 11.3 Å². The Kier molecular flexibility index (Phi) is 6.15. The molecule has 1 aromatic carbocycles. The number of nitrogens with zero attached hydrogens (tertiary/aromatic N) is 4. The average molecular weight is 388 g/mol. The number of likely N-dealkylation sites (N-methyl/N-ethyl adjacent to an activating group) is 1. The van der Waals surface area contributed by atoms with Crippen molar-refractivity contribution in [2.45, 2.75) is 32.9 Å². The van der Waals surface area contributed by atoms with Gasteiger partial charge in [-0.2, -0.15) is 5.10 Å². The van der Waals surface area contributed by atoms with Gasteiger partial charge in [-0.15, -0.1) is 0 Å². The molecule has 1 N–H and O–H groups in total. The fourth-order valence-electron chi connectivity index (χ4n) is 3.83. The second kappa shape index (κ2) is 8.41. The predicted molar refractivity (Wildman–Crippen MR) is 109 cm³/mol. The number of aromatic amines is 1. The number of carbonyl (C=O) groups is 1. The van der Waals surface area contributed by atoms with Crippen LogP contribution in [0.2, 0.25) is 0 Å². The van der Waals surface area contributed by atoms with Gasteiger partial charge in [0.25, 0.3) is 5.91 Å². The van der Waals surface area contributed by atoms with Crippen LogP contribution < -0.4 is 0 Å². The minimum Gasteiger partial charge on any atom is -0.334 e. The lowest BCUT2D eigenvalue weighted by molar-refractivity contribution is 0.0279. The van der Waals surface area contributed by atoms with Crippen molar-refractivity contribution in [3.63, 3.8) is 0 Å². The first-order valence-corrected chi connectivity index (χ1v) is 9.78. The summed E-state index contributed by atoms with van der Waals surface area (Å²) in [5, 5.41) is 7.13. The van der Waals surface area contributed by atoms with Crippen LogP contribution in [0, 0.1) is 12.7 Å². The molecule has 1 fully saturated rings. The van der Waals surface area contributed by atoms with Crippen LogP contribution >= 0.6 is 0 Å². The van der Waals surface area contributed by atoms with Crippen LogP contribution in [-0.2, 0) is 0 Å². The maximum Gasteiger partial charge on any atom is 0.271 e. The van der Waals surface area contributed by atoms with Crippen molar-refractivity contribution in [2.75, 3.05) is 40.3 Å². The molecular formula is C21H30FN5O. The highest BCUT2D eigenvalue weighted by Crippen LogP contribution is 2.22. The Morgan fingerprint density at radius 1 is 1.25 bits per heavy atom. The van der Waals surface area contributed by atoms with Gasteiger partial charge in [0.05, 0.1) is 5.69 Å². The van der Waals surface area contributed by atoms with Gasteiger partial charge >= 0.3 is 0 Å². The van der Waals surface area contributed by atoms with Crippen molar-refractivity contribution in [3.05, 3.63) is 41.3 Å². The van der Waals surface area contributed by atoms with Crippen LogP contribution in [0.4, 0.5) is 4.39 Å². The van der Waals surface area contributed by atoms with E-state index in [1.54, 1.807) is 25.1 Å². The smallest absolute Gasteiger partial charge is 0.271 e. The zero-order valence-electron chi connectivity index (χ0n) is 17.4. The number of piperazine rings is 1. The molecule has 0 saturated carbocycles. The molecule has 0 radical (unpaired) electrons. The van der Waals surface area contributed by atoms with Crippen LogP contribution in [0.1, 0.15) is 29.9 Å². The summed E-state index contributed by atoms with van der Waals surface area (Å²) < 4.78 is 13.5. The van der Waals surface area contributed by atoms with Gasteiger partial charge in [0, 0.05) is 43.8 Å². The van der Waals surface area contributed by atoms with Crippen LogP contribution in [-0.4, -0.2) is 83.2 Å². The summed E-state index contributed by atoms with van der Waals surface area (Å²) in [7, 11) is 4.15. The summed E-state index contributed by atoms with van der Waals surface area (Å²) in [6.45, 7) is 9.45.